The molecule has 1 saturated carbocycles. The first-order valence-electron chi connectivity index (χ1n) is 7.32. The molecule has 4 nitrogen and oxygen atoms in total. The van der Waals surface area contributed by atoms with Gasteiger partial charge in [0, 0.05) is 18.7 Å². The van der Waals surface area contributed by atoms with Crippen molar-refractivity contribution < 1.29 is 4.79 Å². The van der Waals surface area contributed by atoms with Gasteiger partial charge in [0.15, 0.2) is 0 Å². The van der Waals surface area contributed by atoms with Crippen molar-refractivity contribution in [2.75, 3.05) is 18.1 Å². The number of hydrogen-bond acceptors (Lipinski definition) is 3. The van der Waals surface area contributed by atoms with E-state index < -0.39 is 0 Å². The normalized spacial score (nSPS) is 21.2. The van der Waals surface area contributed by atoms with Gasteiger partial charge in [0.25, 0.3) is 5.91 Å². The van der Waals surface area contributed by atoms with Crippen molar-refractivity contribution in [3.8, 4) is 0 Å². The SMILES string of the molecule is CNC(=O)c1ccc(NC2CCCCC2(C)C)c(N)c1. The van der Waals surface area contributed by atoms with Crippen LogP contribution in [0.1, 0.15) is 49.9 Å². The fourth-order valence-corrected chi connectivity index (χ4v) is 2.93. The summed E-state index contributed by atoms with van der Waals surface area (Å²) in [6, 6.07) is 5.89. The molecule has 0 bridgehead atoms. The number of nitrogens with two attached hydrogens (primary N) is 1. The molecule has 1 aliphatic rings. The highest BCUT2D eigenvalue weighted by atomic mass is 16.1. The monoisotopic (exact) mass is 275 g/mol. The molecule has 0 spiro atoms. The first-order valence-corrected chi connectivity index (χ1v) is 7.32. The number of hydrogen-bond donors (Lipinski definition) is 3. The van der Waals surface area contributed by atoms with Crippen LogP contribution in [-0.2, 0) is 0 Å². The summed E-state index contributed by atoms with van der Waals surface area (Å²) in [7, 11) is 1.62. The summed E-state index contributed by atoms with van der Waals surface area (Å²) in [6.45, 7) is 4.61. The Balaban J connectivity index is 2.15. The first kappa shape index (κ1) is 14.7. The highest BCUT2D eigenvalue weighted by Crippen LogP contribution is 2.38. The number of nitrogen functional groups attached to an aromatic ring is 1. The van der Waals surface area contributed by atoms with Gasteiger partial charge < -0.3 is 16.4 Å². The lowest BCUT2D eigenvalue weighted by atomic mass is 9.73. The minimum Gasteiger partial charge on any atom is -0.397 e. The minimum atomic E-state index is -0.110. The Morgan fingerprint density at radius 1 is 1.35 bits per heavy atom. The summed E-state index contributed by atoms with van der Waals surface area (Å²) in [5.41, 5.74) is 8.52. The summed E-state index contributed by atoms with van der Waals surface area (Å²) in [6.07, 6.45) is 4.97. The van der Waals surface area contributed by atoms with E-state index in [-0.39, 0.29) is 11.3 Å². The van der Waals surface area contributed by atoms with E-state index in [2.05, 4.69) is 24.5 Å². The molecule has 1 aromatic rings. The number of nitrogens with one attached hydrogen (secondary N) is 2. The Morgan fingerprint density at radius 2 is 2.10 bits per heavy atom. The fourth-order valence-electron chi connectivity index (χ4n) is 2.93. The van der Waals surface area contributed by atoms with Crippen LogP contribution in [0.4, 0.5) is 11.4 Å². The zero-order valence-corrected chi connectivity index (χ0v) is 12.6. The molecule has 1 unspecified atom stereocenters. The maximum atomic E-state index is 11.6. The molecule has 0 heterocycles. The standard InChI is InChI=1S/C16H25N3O/c1-16(2)9-5-4-6-14(16)19-13-8-7-11(10-12(13)17)15(20)18-3/h7-8,10,14,19H,4-6,9,17H2,1-3H3,(H,18,20). The van der Waals surface area contributed by atoms with E-state index in [1.54, 1.807) is 13.1 Å². The highest BCUT2D eigenvalue weighted by Gasteiger charge is 2.32. The molecule has 1 amide bonds. The zero-order valence-electron chi connectivity index (χ0n) is 12.6. The second-order valence-electron chi connectivity index (χ2n) is 6.31. The maximum absolute atomic E-state index is 11.6. The van der Waals surface area contributed by atoms with Gasteiger partial charge in [0.05, 0.1) is 11.4 Å². The van der Waals surface area contributed by atoms with Crippen LogP contribution in [0.3, 0.4) is 0 Å². The Bertz CT molecular complexity index is 496. The average molecular weight is 275 g/mol. The van der Waals surface area contributed by atoms with Gasteiger partial charge >= 0.3 is 0 Å². The Hall–Kier alpha value is -1.71. The Morgan fingerprint density at radius 3 is 2.70 bits per heavy atom. The van der Waals surface area contributed by atoms with E-state index in [0.717, 1.165) is 5.69 Å². The lowest BCUT2D eigenvalue weighted by molar-refractivity contribution is 0.0963. The number of rotatable bonds is 3. The number of carbonyl (C=O) groups excluding carboxylic acids is 1. The van der Waals surface area contributed by atoms with Crippen molar-refractivity contribution in [2.24, 2.45) is 5.41 Å². The Labute approximate surface area is 121 Å². The summed E-state index contributed by atoms with van der Waals surface area (Å²) in [5, 5.41) is 6.17. The van der Waals surface area contributed by atoms with Crippen molar-refractivity contribution >= 4 is 17.3 Å². The largest absolute Gasteiger partial charge is 0.397 e. The van der Waals surface area contributed by atoms with Gasteiger partial charge in [-0.1, -0.05) is 26.7 Å². The van der Waals surface area contributed by atoms with Crippen molar-refractivity contribution in [3.63, 3.8) is 0 Å². The van der Waals surface area contributed by atoms with E-state index in [0.29, 0.717) is 17.3 Å². The Kier molecular flexibility index (Phi) is 4.21. The molecule has 4 heteroatoms. The number of amides is 1. The van der Waals surface area contributed by atoms with E-state index in [1.165, 1.54) is 25.7 Å². The van der Waals surface area contributed by atoms with Crippen LogP contribution in [0.2, 0.25) is 0 Å². The third kappa shape index (κ3) is 3.06. The second-order valence-corrected chi connectivity index (χ2v) is 6.31. The second kappa shape index (κ2) is 5.73. The predicted octanol–water partition coefficient (Wildman–Crippen LogP) is 3.01. The van der Waals surface area contributed by atoms with E-state index in [4.69, 9.17) is 5.73 Å². The van der Waals surface area contributed by atoms with Crippen LogP contribution in [-0.4, -0.2) is 19.0 Å². The third-order valence-electron chi connectivity index (χ3n) is 4.38. The van der Waals surface area contributed by atoms with Gasteiger partial charge in [0.2, 0.25) is 0 Å². The topological polar surface area (TPSA) is 67.2 Å². The van der Waals surface area contributed by atoms with Crippen molar-refractivity contribution in [1.82, 2.24) is 5.32 Å². The number of benzene rings is 1. The molecule has 0 radical (unpaired) electrons. The lowest BCUT2D eigenvalue weighted by Gasteiger charge is -2.39. The van der Waals surface area contributed by atoms with Crippen LogP contribution >= 0.6 is 0 Å². The fraction of sp³-hybridized carbons (Fsp3) is 0.562. The molecule has 0 aliphatic heterocycles. The van der Waals surface area contributed by atoms with Crippen molar-refractivity contribution in [3.05, 3.63) is 23.8 Å². The molecular formula is C16H25N3O. The first-order chi connectivity index (χ1) is 9.44. The molecular weight excluding hydrogens is 250 g/mol. The van der Waals surface area contributed by atoms with Crippen LogP contribution in [0, 0.1) is 5.41 Å². The number of anilines is 2. The van der Waals surface area contributed by atoms with Gasteiger partial charge in [-0.25, -0.2) is 0 Å². The summed E-state index contributed by atoms with van der Waals surface area (Å²) >= 11 is 0. The van der Waals surface area contributed by atoms with Gasteiger partial charge in [-0.05, 0) is 36.5 Å². The highest BCUT2D eigenvalue weighted by molar-refractivity contribution is 5.95. The van der Waals surface area contributed by atoms with Gasteiger partial charge in [-0.2, -0.15) is 0 Å². The van der Waals surface area contributed by atoms with E-state index in [9.17, 15) is 4.79 Å². The molecule has 1 fully saturated rings. The smallest absolute Gasteiger partial charge is 0.251 e. The van der Waals surface area contributed by atoms with Crippen molar-refractivity contribution in [2.45, 2.75) is 45.6 Å². The summed E-state index contributed by atoms with van der Waals surface area (Å²) in [4.78, 5) is 11.6. The zero-order chi connectivity index (χ0) is 14.8. The molecule has 0 aromatic heterocycles. The molecule has 2 rings (SSSR count). The van der Waals surface area contributed by atoms with E-state index >= 15 is 0 Å². The molecule has 0 saturated heterocycles. The average Bonchev–Trinajstić information content (AvgIpc) is 2.42. The molecule has 4 N–H and O–H groups in total. The molecule has 110 valence electrons. The minimum absolute atomic E-state index is 0.110. The molecule has 1 aliphatic carbocycles. The summed E-state index contributed by atoms with van der Waals surface area (Å²) < 4.78 is 0. The van der Waals surface area contributed by atoms with Gasteiger partial charge in [-0.3, -0.25) is 4.79 Å². The number of carbonyl (C=O) groups is 1. The molecule has 1 aromatic carbocycles. The quantitative estimate of drug-likeness (QED) is 0.743. The summed E-state index contributed by atoms with van der Waals surface area (Å²) in [5.74, 6) is -0.110. The van der Waals surface area contributed by atoms with Crippen molar-refractivity contribution in [1.29, 1.82) is 0 Å². The lowest BCUT2D eigenvalue weighted by Crippen LogP contribution is -2.39. The predicted molar refractivity (Wildman–Crippen MR) is 83.9 cm³/mol. The van der Waals surface area contributed by atoms with Crippen LogP contribution in [0.5, 0.6) is 0 Å². The third-order valence-corrected chi connectivity index (χ3v) is 4.38. The molecule has 20 heavy (non-hydrogen) atoms. The van der Waals surface area contributed by atoms with Crippen LogP contribution in [0.25, 0.3) is 0 Å². The van der Waals surface area contributed by atoms with Gasteiger partial charge in [-0.15, -0.1) is 0 Å². The maximum Gasteiger partial charge on any atom is 0.251 e. The van der Waals surface area contributed by atoms with Gasteiger partial charge in [0.1, 0.15) is 0 Å². The van der Waals surface area contributed by atoms with Crippen LogP contribution < -0.4 is 16.4 Å². The van der Waals surface area contributed by atoms with E-state index in [1.807, 2.05) is 12.1 Å². The van der Waals surface area contributed by atoms with Crippen LogP contribution in [0.15, 0.2) is 18.2 Å². The molecule has 1 atom stereocenters.